The summed E-state index contributed by atoms with van der Waals surface area (Å²) in [5.74, 6) is -0.208. The number of aliphatic hydroxyl groups excluding tert-OH is 1. The molecule has 0 aromatic carbocycles. The Morgan fingerprint density at radius 2 is 1.44 bits per heavy atom. The lowest BCUT2D eigenvalue weighted by atomic mass is 9.50. The van der Waals surface area contributed by atoms with Crippen LogP contribution in [0.25, 0.3) is 0 Å². The van der Waals surface area contributed by atoms with E-state index in [4.69, 9.17) is 0 Å². The highest BCUT2D eigenvalue weighted by molar-refractivity contribution is 5.18. The first-order valence-corrected chi connectivity index (χ1v) is 5.72. The molecule has 5 atom stereocenters. The van der Waals surface area contributed by atoms with Crippen LogP contribution < -0.4 is 0 Å². The Morgan fingerprint density at radius 1 is 1.00 bits per heavy atom. The zero-order chi connectivity index (χ0) is 13.0. The molecule has 16 heavy (non-hydrogen) atoms. The molecule has 0 aliphatic heterocycles. The summed E-state index contributed by atoms with van der Waals surface area (Å²) in [6.07, 6.45) is 0.458. The number of aliphatic hydroxyl groups is 4. The van der Waals surface area contributed by atoms with E-state index in [9.17, 15) is 20.4 Å². The summed E-state index contributed by atoms with van der Waals surface area (Å²) in [6.45, 7) is 7.75. The maximum atomic E-state index is 10.5. The second-order valence-electron chi connectivity index (χ2n) is 6.12. The second-order valence-corrected chi connectivity index (χ2v) is 6.12. The van der Waals surface area contributed by atoms with Crippen LogP contribution in [0.3, 0.4) is 0 Å². The standard InChI is InChI=1S/C12H24O4/c1-8-6-9(2,7-13)11(4,15)12(5,16)10(8,3)14/h8,13-16H,6-7H2,1-5H3/t8-,9?,10?,11?,12?/m1/s1. The molecule has 0 radical (unpaired) electrons. The van der Waals surface area contributed by atoms with Crippen LogP contribution in [-0.4, -0.2) is 43.8 Å². The van der Waals surface area contributed by atoms with Gasteiger partial charge in [0, 0.05) is 5.41 Å². The first-order chi connectivity index (χ1) is 6.94. The van der Waals surface area contributed by atoms with E-state index in [-0.39, 0.29) is 12.5 Å². The number of hydrogen-bond donors (Lipinski definition) is 4. The number of rotatable bonds is 1. The molecule has 4 unspecified atom stereocenters. The molecule has 1 saturated carbocycles. The van der Waals surface area contributed by atoms with E-state index < -0.39 is 22.2 Å². The van der Waals surface area contributed by atoms with Gasteiger partial charge < -0.3 is 20.4 Å². The second kappa shape index (κ2) is 3.42. The largest absolute Gasteiger partial charge is 0.396 e. The maximum Gasteiger partial charge on any atom is 0.119 e. The third-order valence-corrected chi connectivity index (χ3v) is 5.17. The fraction of sp³-hybridized carbons (Fsp3) is 1.00. The normalized spacial score (nSPS) is 58.7. The predicted octanol–water partition coefficient (Wildman–Crippen LogP) is 0.278. The topological polar surface area (TPSA) is 80.9 Å². The Labute approximate surface area is 96.9 Å². The molecule has 1 fully saturated rings. The van der Waals surface area contributed by atoms with Crippen LogP contribution in [0.1, 0.15) is 41.0 Å². The summed E-state index contributed by atoms with van der Waals surface area (Å²) in [4.78, 5) is 0. The maximum absolute atomic E-state index is 10.5. The molecule has 0 spiro atoms. The molecular formula is C12H24O4. The Kier molecular flexibility index (Phi) is 2.97. The number of hydrogen-bond acceptors (Lipinski definition) is 4. The van der Waals surface area contributed by atoms with E-state index in [2.05, 4.69) is 0 Å². The van der Waals surface area contributed by atoms with Gasteiger partial charge in [0.15, 0.2) is 0 Å². The summed E-state index contributed by atoms with van der Waals surface area (Å²) < 4.78 is 0. The molecule has 0 aromatic rings. The molecular weight excluding hydrogens is 208 g/mol. The van der Waals surface area contributed by atoms with Crippen molar-refractivity contribution in [1.29, 1.82) is 0 Å². The van der Waals surface area contributed by atoms with Crippen molar-refractivity contribution in [2.75, 3.05) is 6.61 Å². The monoisotopic (exact) mass is 232 g/mol. The summed E-state index contributed by atoms with van der Waals surface area (Å²) in [5, 5.41) is 40.8. The highest BCUT2D eigenvalue weighted by atomic mass is 16.4. The molecule has 1 rings (SSSR count). The quantitative estimate of drug-likeness (QED) is 0.523. The minimum Gasteiger partial charge on any atom is -0.396 e. The molecule has 96 valence electrons. The van der Waals surface area contributed by atoms with Crippen molar-refractivity contribution in [2.24, 2.45) is 11.3 Å². The average Bonchev–Trinajstić information content (AvgIpc) is 2.14. The van der Waals surface area contributed by atoms with Crippen molar-refractivity contribution < 1.29 is 20.4 Å². The van der Waals surface area contributed by atoms with Crippen molar-refractivity contribution >= 4 is 0 Å². The van der Waals surface area contributed by atoms with Crippen LogP contribution in [0.4, 0.5) is 0 Å². The molecule has 4 N–H and O–H groups in total. The lowest BCUT2D eigenvalue weighted by Gasteiger charge is -2.62. The Hall–Kier alpha value is -0.160. The van der Waals surface area contributed by atoms with Gasteiger partial charge in [0.25, 0.3) is 0 Å². The van der Waals surface area contributed by atoms with E-state index >= 15 is 0 Å². The van der Waals surface area contributed by atoms with Crippen LogP contribution in [0.15, 0.2) is 0 Å². The van der Waals surface area contributed by atoms with Gasteiger partial charge in [0.05, 0.1) is 12.2 Å². The van der Waals surface area contributed by atoms with Crippen molar-refractivity contribution in [3.05, 3.63) is 0 Å². The predicted molar refractivity (Wildman–Crippen MR) is 60.8 cm³/mol. The molecule has 0 saturated heterocycles. The van der Waals surface area contributed by atoms with E-state index in [0.717, 1.165) is 0 Å². The lowest BCUT2D eigenvalue weighted by Crippen LogP contribution is -2.75. The molecule has 4 nitrogen and oxygen atoms in total. The van der Waals surface area contributed by atoms with Gasteiger partial charge in [-0.2, -0.15) is 0 Å². The molecule has 0 heterocycles. The van der Waals surface area contributed by atoms with E-state index in [1.165, 1.54) is 20.8 Å². The summed E-state index contributed by atoms with van der Waals surface area (Å²) in [6, 6.07) is 0. The minimum atomic E-state index is -1.67. The first-order valence-electron chi connectivity index (χ1n) is 5.72. The van der Waals surface area contributed by atoms with Crippen LogP contribution in [0.2, 0.25) is 0 Å². The lowest BCUT2D eigenvalue weighted by molar-refractivity contribution is -0.312. The third kappa shape index (κ3) is 1.37. The van der Waals surface area contributed by atoms with Crippen molar-refractivity contribution in [2.45, 2.75) is 57.8 Å². The molecule has 0 aromatic heterocycles. The SMILES string of the molecule is C[C@@H]1CC(C)(CO)C(C)(O)C(C)(O)C1(C)O. The van der Waals surface area contributed by atoms with Crippen molar-refractivity contribution in [1.82, 2.24) is 0 Å². The first kappa shape index (κ1) is 13.9. The fourth-order valence-corrected chi connectivity index (χ4v) is 2.85. The van der Waals surface area contributed by atoms with Gasteiger partial charge in [-0.25, -0.2) is 0 Å². The fourth-order valence-electron chi connectivity index (χ4n) is 2.85. The summed E-state index contributed by atoms with van der Waals surface area (Å²) in [5.41, 5.74) is -5.43. The van der Waals surface area contributed by atoms with Crippen LogP contribution in [0, 0.1) is 11.3 Å². The summed E-state index contributed by atoms with van der Waals surface area (Å²) >= 11 is 0. The van der Waals surface area contributed by atoms with E-state index in [1.807, 2.05) is 6.92 Å². The minimum absolute atomic E-state index is 0.208. The highest BCUT2D eigenvalue weighted by Gasteiger charge is 2.67. The van der Waals surface area contributed by atoms with Crippen LogP contribution in [0.5, 0.6) is 0 Å². The molecule has 0 bridgehead atoms. The van der Waals surface area contributed by atoms with Crippen LogP contribution >= 0.6 is 0 Å². The molecule has 4 heteroatoms. The van der Waals surface area contributed by atoms with Crippen LogP contribution in [-0.2, 0) is 0 Å². The zero-order valence-electron chi connectivity index (χ0n) is 10.8. The average molecular weight is 232 g/mol. The van der Waals surface area contributed by atoms with E-state index in [0.29, 0.717) is 6.42 Å². The molecule has 1 aliphatic rings. The Morgan fingerprint density at radius 3 is 1.81 bits per heavy atom. The van der Waals surface area contributed by atoms with Crippen molar-refractivity contribution in [3.8, 4) is 0 Å². The van der Waals surface area contributed by atoms with Gasteiger partial charge in [-0.05, 0) is 33.1 Å². The Bertz CT molecular complexity index is 277. The van der Waals surface area contributed by atoms with Gasteiger partial charge in [-0.15, -0.1) is 0 Å². The smallest absolute Gasteiger partial charge is 0.119 e. The van der Waals surface area contributed by atoms with Gasteiger partial charge in [-0.3, -0.25) is 0 Å². The van der Waals surface area contributed by atoms with Crippen molar-refractivity contribution in [3.63, 3.8) is 0 Å². The van der Waals surface area contributed by atoms with Gasteiger partial charge in [0.1, 0.15) is 11.2 Å². The van der Waals surface area contributed by atoms with Gasteiger partial charge >= 0.3 is 0 Å². The molecule has 1 aliphatic carbocycles. The Balaban J connectivity index is 3.32. The molecule has 0 amide bonds. The van der Waals surface area contributed by atoms with Gasteiger partial charge in [-0.1, -0.05) is 13.8 Å². The highest BCUT2D eigenvalue weighted by Crippen LogP contribution is 2.55. The zero-order valence-corrected chi connectivity index (χ0v) is 10.8. The summed E-state index contributed by atoms with van der Waals surface area (Å²) in [7, 11) is 0. The van der Waals surface area contributed by atoms with Gasteiger partial charge in [0.2, 0.25) is 0 Å². The van der Waals surface area contributed by atoms with E-state index in [1.54, 1.807) is 6.92 Å². The third-order valence-electron chi connectivity index (χ3n) is 5.17.